The number of rotatable bonds is 13. The molecule has 0 aliphatic carbocycles. The predicted octanol–water partition coefficient (Wildman–Crippen LogP) is 1.41. The maximum atomic E-state index is 15.0. The average Bonchev–Trinajstić information content (AvgIpc) is 2.86. The number of nitrogens with zero attached hydrogens (tertiary/aromatic N) is 4. The summed E-state index contributed by atoms with van der Waals surface area (Å²) in [6, 6.07) is 4.70. The van der Waals surface area contributed by atoms with E-state index in [1.54, 1.807) is 19.1 Å². The second-order valence-corrected chi connectivity index (χ2v) is 8.31. The normalized spacial score (nSPS) is 13.4. The lowest BCUT2D eigenvalue weighted by Gasteiger charge is -2.32. The smallest absolute Gasteiger partial charge is 0.313 e. The number of ether oxygens (including phenoxy) is 2. The monoisotopic (exact) mass is 516 g/mol. The summed E-state index contributed by atoms with van der Waals surface area (Å²) in [5, 5.41) is 20.5. The highest BCUT2D eigenvalue weighted by molar-refractivity contribution is 5.98. The molecule has 4 N–H and O–H groups in total. The van der Waals surface area contributed by atoms with E-state index in [1.165, 1.54) is 18.5 Å². The molecule has 3 rings (SSSR count). The molecule has 13 heteroatoms. The predicted molar refractivity (Wildman–Crippen MR) is 131 cm³/mol. The summed E-state index contributed by atoms with van der Waals surface area (Å²) in [4.78, 5) is 38.5. The van der Waals surface area contributed by atoms with Gasteiger partial charge in [-0.05, 0) is 0 Å². The van der Waals surface area contributed by atoms with Gasteiger partial charge in [0.2, 0.25) is 5.95 Å². The van der Waals surface area contributed by atoms with Crippen molar-refractivity contribution in [2.24, 2.45) is 16.8 Å². The number of nitrogens with one attached hydrogen (secondary N) is 1. The SMILES string of the molecule is CCC(=O)OCC(CO)CON=C1CN(c2ncc(-c3cccc(COC(=O)CC(=N)N)c3F)cn2)C1. The number of aliphatic hydroxyl groups excluding tert-OH is 1. The molecule has 198 valence electrons. The number of anilines is 1. The van der Waals surface area contributed by atoms with Gasteiger partial charge in [-0.25, -0.2) is 14.4 Å². The molecule has 1 aromatic heterocycles. The first-order valence-electron chi connectivity index (χ1n) is 11.6. The van der Waals surface area contributed by atoms with Crippen molar-refractivity contribution >= 4 is 29.4 Å². The zero-order valence-corrected chi connectivity index (χ0v) is 20.4. The van der Waals surface area contributed by atoms with Crippen LogP contribution in [0.1, 0.15) is 25.3 Å². The molecule has 2 heterocycles. The van der Waals surface area contributed by atoms with E-state index in [4.69, 9.17) is 25.5 Å². The number of carbonyl (C=O) groups excluding carboxylic acids is 2. The molecular weight excluding hydrogens is 487 g/mol. The number of aromatic nitrogens is 2. The van der Waals surface area contributed by atoms with E-state index in [2.05, 4.69) is 15.1 Å². The molecule has 1 atom stereocenters. The molecule has 1 aliphatic heterocycles. The number of oxime groups is 1. The third-order valence-electron chi connectivity index (χ3n) is 5.31. The number of nitrogens with two attached hydrogens (primary N) is 1. The van der Waals surface area contributed by atoms with Crippen LogP contribution in [-0.2, 0) is 30.5 Å². The molecule has 1 fully saturated rings. The second-order valence-electron chi connectivity index (χ2n) is 8.31. The highest BCUT2D eigenvalue weighted by atomic mass is 19.1. The van der Waals surface area contributed by atoms with Crippen molar-refractivity contribution < 1.29 is 33.4 Å². The Labute approximate surface area is 212 Å². The van der Waals surface area contributed by atoms with E-state index in [9.17, 15) is 19.1 Å². The largest absolute Gasteiger partial charge is 0.465 e. The van der Waals surface area contributed by atoms with Crippen LogP contribution in [0.4, 0.5) is 10.3 Å². The van der Waals surface area contributed by atoms with Crippen LogP contribution in [0.2, 0.25) is 0 Å². The van der Waals surface area contributed by atoms with Crippen molar-refractivity contribution in [3.05, 3.63) is 42.0 Å². The Morgan fingerprint density at radius 2 is 1.95 bits per heavy atom. The number of hydrogen-bond acceptors (Lipinski definition) is 11. The minimum atomic E-state index is -0.710. The summed E-state index contributed by atoms with van der Waals surface area (Å²) in [5.74, 6) is -1.86. The summed E-state index contributed by atoms with van der Waals surface area (Å²) in [5.41, 5.74) is 6.81. The molecule has 12 nitrogen and oxygen atoms in total. The third kappa shape index (κ3) is 7.93. The van der Waals surface area contributed by atoms with E-state index < -0.39 is 11.8 Å². The van der Waals surface area contributed by atoms with Gasteiger partial charge in [0.05, 0.1) is 37.9 Å². The molecular formula is C24H29FN6O6. The minimum absolute atomic E-state index is 0.0643. The lowest BCUT2D eigenvalue weighted by Crippen LogP contribution is -2.48. The van der Waals surface area contributed by atoms with Gasteiger partial charge >= 0.3 is 11.9 Å². The van der Waals surface area contributed by atoms with Crippen molar-refractivity contribution in [3.8, 4) is 11.1 Å². The summed E-state index contributed by atoms with van der Waals surface area (Å²) >= 11 is 0. The highest BCUT2D eigenvalue weighted by Gasteiger charge is 2.25. The first kappa shape index (κ1) is 27.5. The molecule has 0 amide bonds. The average molecular weight is 517 g/mol. The molecule has 1 unspecified atom stereocenters. The van der Waals surface area contributed by atoms with Crippen LogP contribution in [0.5, 0.6) is 0 Å². The molecule has 0 radical (unpaired) electrons. The van der Waals surface area contributed by atoms with Crippen LogP contribution >= 0.6 is 0 Å². The van der Waals surface area contributed by atoms with E-state index in [1.807, 2.05) is 4.90 Å². The summed E-state index contributed by atoms with van der Waals surface area (Å²) in [6.07, 6.45) is 2.91. The molecule has 37 heavy (non-hydrogen) atoms. The van der Waals surface area contributed by atoms with Crippen molar-refractivity contribution in [1.29, 1.82) is 5.41 Å². The number of aliphatic hydroxyl groups is 1. The van der Waals surface area contributed by atoms with Crippen molar-refractivity contribution in [1.82, 2.24) is 9.97 Å². The van der Waals surface area contributed by atoms with Crippen LogP contribution < -0.4 is 10.6 Å². The zero-order valence-electron chi connectivity index (χ0n) is 20.4. The molecule has 2 aromatic rings. The van der Waals surface area contributed by atoms with Crippen LogP contribution in [0.3, 0.4) is 0 Å². The fourth-order valence-corrected chi connectivity index (χ4v) is 3.20. The van der Waals surface area contributed by atoms with Gasteiger partial charge in [-0.15, -0.1) is 0 Å². The molecule has 0 bridgehead atoms. The number of halogens is 1. The number of esters is 2. The van der Waals surface area contributed by atoms with Gasteiger partial charge in [0, 0.05) is 35.5 Å². The van der Waals surface area contributed by atoms with Crippen LogP contribution in [0, 0.1) is 17.1 Å². The Bertz CT molecular complexity index is 1140. The molecule has 1 aromatic carbocycles. The molecule has 0 spiro atoms. The Morgan fingerprint density at radius 1 is 1.22 bits per heavy atom. The summed E-state index contributed by atoms with van der Waals surface area (Å²) < 4.78 is 24.9. The van der Waals surface area contributed by atoms with E-state index in [0.29, 0.717) is 24.6 Å². The Morgan fingerprint density at radius 3 is 2.59 bits per heavy atom. The third-order valence-corrected chi connectivity index (χ3v) is 5.31. The number of benzene rings is 1. The lowest BCUT2D eigenvalue weighted by molar-refractivity contribution is -0.146. The summed E-state index contributed by atoms with van der Waals surface area (Å²) in [6.45, 7) is 2.29. The van der Waals surface area contributed by atoms with Crippen molar-refractivity contribution in [2.45, 2.75) is 26.4 Å². The van der Waals surface area contributed by atoms with Gasteiger partial charge in [0.15, 0.2) is 0 Å². The number of carbonyl (C=O) groups is 2. The number of amidine groups is 1. The van der Waals surface area contributed by atoms with E-state index >= 15 is 0 Å². The van der Waals surface area contributed by atoms with E-state index in [0.717, 1.165) is 5.71 Å². The zero-order chi connectivity index (χ0) is 26.8. The van der Waals surface area contributed by atoms with E-state index in [-0.39, 0.29) is 68.1 Å². The first-order valence-corrected chi connectivity index (χ1v) is 11.6. The maximum Gasteiger partial charge on any atom is 0.313 e. The lowest BCUT2D eigenvalue weighted by atomic mass is 10.1. The Hall–Kier alpha value is -4.13. The Kier molecular flexibility index (Phi) is 9.84. The fraction of sp³-hybridized carbons (Fsp3) is 0.417. The van der Waals surface area contributed by atoms with Gasteiger partial charge in [-0.1, -0.05) is 30.3 Å². The quantitative estimate of drug-likeness (QED) is 0.153. The molecule has 1 aliphatic rings. The highest BCUT2D eigenvalue weighted by Crippen LogP contribution is 2.26. The molecule has 0 saturated carbocycles. The van der Waals surface area contributed by atoms with Crippen molar-refractivity contribution in [3.63, 3.8) is 0 Å². The van der Waals surface area contributed by atoms with Gasteiger partial charge in [0.25, 0.3) is 0 Å². The van der Waals surface area contributed by atoms with Gasteiger partial charge < -0.3 is 30.1 Å². The topological polar surface area (TPSA) is 173 Å². The van der Waals surface area contributed by atoms with Crippen LogP contribution in [0.25, 0.3) is 11.1 Å². The minimum Gasteiger partial charge on any atom is -0.465 e. The van der Waals surface area contributed by atoms with Crippen molar-refractivity contribution in [2.75, 3.05) is 37.8 Å². The van der Waals surface area contributed by atoms with Crippen LogP contribution in [0.15, 0.2) is 35.7 Å². The van der Waals surface area contributed by atoms with Gasteiger partial charge in [-0.3, -0.25) is 15.0 Å². The van der Waals surface area contributed by atoms with Gasteiger partial charge in [0.1, 0.15) is 31.3 Å². The fourth-order valence-electron chi connectivity index (χ4n) is 3.20. The summed E-state index contributed by atoms with van der Waals surface area (Å²) in [7, 11) is 0. The Balaban J connectivity index is 1.51. The maximum absolute atomic E-state index is 15.0. The number of hydrogen-bond donors (Lipinski definition) is 3. The first-order chi connectivity index (χ1) is 17.8. The second kappa shape index (κ2) is 13.3. The van der Waals surface area contributed by atoms with Crippen LogP contribution in [-0.4, -0.2) is 71.5 Å². The van der Waals surface area contributed by atoms with Gasteiger partial charge in [-0.2, -0.15) is 0 Å². The molecule has 1 saturated heterocycles. The standard InChI is InChI=1S/C24H29FN6O6/c1-2-21(33)35-12-15(11-32)13-37-30-18-9-31(10-18)24-28-7-17(8-29-24)19-5-3-4-16(23(19)25)14-36-22(34)6-20(26)27/h3-5,7-8,15,32H,2,6,9-14H2,1H3,(H3,26,27).